The molecule has 0 radical (unpaired) electrons. The van der Waals surface area contributed by atoms with E-state index in [0.29, 0.717) is 17.1 Å². The average Bonchev–Trinajstić information content (AvgIpc) is 2.50. The number of ether oxygens (including phenoxy) is 2. The number of halogens is 2. The number of methoxy groups -OCH3 is 2. The van der Waals surface area contributed by atoms with Crippen LogP contribution in [-0.4, -0.2) is 45.3 Å². The fourth-order valence-corrected chi connectivity index (χ4v) is 2.79. The SMILES string of the molecule is CC[C@@H](c1cc(OC)c(OC)cc1F)N1CCNCC1.Cl. The highest BCUT2D eigenvalue weighted by Gasteiger charge is 2.24. The van der Waals surface area contributed by atoms with E-state index in [0.717, 1.165) is 32.6 Å². The summed E-state index contributed by atoms with van der Waals surface area (Å²) in [4.78, 5) is 2.32. The van der Waals surface area contributed by atoms with Gasteiger partial charge in [0.05, 0.1) is 14.2 Å². The van der Waals surface area contributed by atoms with Crippen LogP contribution in [0.2, 0.25) is 0 Å². The maximum atomic E-state index is 14.4. The van der Waals surface area contributed by atoms with Crippen molar-refractivity contribution in [1.82, 2.24) is 10.2 Å². The van der Waals surface area contributed by atoms with Gasteiger partial charge in [-0.2, -0.15) is 0 Å². The topological polar surface area (TPSA) is 33.7 Å². The van der Waals surface area contributed by atoms with E-state index in [1.54, 1.807) is 13.2 Å². The van der Waals surface area contributed by atoms with E-state index in [9.17, 15) is 4.39 Å². The first-order valence-electron chi connectivity index (χ1n) is 7.07. The van der Waals surface area contributed by atoms with Crippen LogP contribution >= 0.6 is 12.4 Å². The molecule has 1 atom stereocenters. The molecule has 0 aliphatic carbocycles. The predicted molar refractivity (Wildman–Crippen MR) is 84.2 cm³/mol. The Hall–Kier alpha value is -1.04. The van der Waals surface area contributed by atoms with Gasteiger partial charge in [-0.05, 0) is 12.5 Å². The van der Waals surface area contributed by atoms with Crippen LogP contribution in [0.3, 0.4) is 0 Å². The number of hydrogen-bond acceptors (Lipinski definition) is 4. The normalized spacial score (nSPS) is 17.0. The lowest BCUT2D eigenvalue weighted by Crippen LogP contribution is -2.45. The van der Waals surface area contributed by atoms with Crippen LogP contribution in [0, 0.1) is 5.82 Å². The Morgan fingerprint density at radius 2 is 1.76 bits per heavy atom. The molecule has 6 heteroatoms. The minimum Gasteiger partial charge on any atom is -0.493 e. The van der Waals surface area contributed by atoms with E-state index in [1.165, 1.54) is 13.2 Å². The van der Waals surface area contributed by atoms with Gasteiger partial charge in [-0.15, -0.1) is 12.4 Å². The van der Waals surface area contributed by atoms with Gasteiger partial charge in [0.25, 0.3) is 0 Å². The van der Waals surface area contributed by atoms with Crippen LogP contribution < -0.4 is 14.8 Å². The highest BCUT2D eigenvalue weighted by Crippen LogP contribution is 2.35. The van der Waals surface area contributed by atoms with Crippen LogP contribution in [0.4, 0.5) is 4.39 Å². The second-order valence-electron chi connectivity index (χ2n) is 4.94. The van der Waals surface area contributed by atoms with E-state index in [1.807, 2.05) is 0 Å². The van der Waals surface area contributed by atoms with Gasteiger partial charge in [0.15, 0.2) is 11.5 Å². The maximum absolute atomic E-state index is 14.4. The number of nitrogens with zero attached hydrogens (tertiary/aromatic N) is 1. The van der Waals surface area contributed by atoms with Crippen LogP contribution in [0.1, 0.15) is 24.9 Å². The standard InChI is InChI=1S/C15H23FN2O2.ClH/c1-4-13(18-7-5-17-6-8-18)11-9-14(19-2)15(20-3)10-12(11)16;/h9-10,13,17H,4-8H2,1-3H3;1H/t13-;/m0./s1. The molecule has 1 aromatic carbocycles. The average molecular weight is 319 g/mol. The molecule has 0 bridgehead atoms. The number of benzene rings is 1. The first-order chi connectivity index (χ1) is 9.71. The highest BCUT2D eigenvalue weighted by molar-refractivity contribution is 5.85. The molecule has 4 nitrogen and oxygen atoms in total. The Kier molecular flexibility index (Phi) is 7.22. The third kappa shape index (κ3) is 3.99. The summed E-state index contributed by atoms with van der Waals surface area (Å²) in [5, 5.41) is 3.32. The minimum absolute atomic E-state index is 0. The monoisotopic (exact) mass is 318 g/mol. The first kappa shape index (κ1) is 18.0. The van der Waals surface area contributed by atoms with E-state index in [2.05, 4.69) is 17.1 Å². The summed E-state index contributed by atoms with van der Waals surface area (Å²) in [5.41, 5.74) is 0.687. The first-order valence-corrected chi connectivity index (χ1v) is 7.07. The zero-order valence-corrected chi connectivity index (χ0v) is 13.6. The Balaban J connectivity index is 0.00000220. The molecular formula is C15H24ClFN2O2. The quantitative estimate of drug-likeness (QED) is 0.905. The van der Waals surface area contributed by atoms with E-state index in [-0.39, 0.29) is 24.3 Å². The van der Waals surface area contributed by atoms with Gasteiger partial charge >= 0.3 is 0 Å². The van der Waals surface area contributed by atoms with Crippen LogP contribution in [-0.2, 0) is 0 Å². The molecule has 0 spiro atoms. The molecule has 1 aromatic rings. The molecule has 1 aliphatic heterocycles. The van der Waals surface area contributed by atoms with Crippen molar-refractivity contribution in [1.29, 1.82) is 0 Å². The van der Waals surface area contributed by atoms with Gasteiger partial charge in [0.1, 0.15) is 5.82 Å². The van der Waals surface area contributed by atoms with Gasteiger partial charge in [-0.3, -0.25) is 4.90 Å². The van der Waals surface area contributed by atoms with Gasteiger partial charge in [-0.1, -0.05) is 6.92 Å². The lowest BCUT2D eigenvalue weighted by atomic mass is 10.0. The fraction of sp³-hybridized carbons (Fsp3) is 0.600. The second kappa shape index (κ2) is 8.41. The van der Waals surface area contributed by atoms with Crippen molar-refractivity contribution in [3.05, 3.63) is 23.5 Å². The predicted octanol–water partition coefficient (Wildman–Crippen LogP) is 2.62. The summed E-state index contributed by atoms with van der Waals surface area (Å²) < 4.78 is 24.8. The molecule has 1 N–H and O–H groups in total. The lowest BCUT2D eigenvalue weighted by molar-refractivity contribution is 0.166. The second-order valence-corrected chi connectivity index (χ2v) is 4.94. The molecule has 1 aliphatic rings. The van der Waals surface area contributed by atoms with Crippen molar-refractivity contribution in [2.45, 2.75) is 19.4 Å². The van der Waals surface area contributed by atoms with Crippen LogP contribution in [0.15, 0.2) is 12.1 Å². The van der Waals surface area contributed by atoms with Gasteiger partial charge in [-0.25, -0.2) is 4.39 Å². The zero-order chi connectivity index (χ0) is 14.5. The van der Waals surface area contributed by atoms with Crippen molar-refractivity contribution in [2.24, 2.45) is 0 Å². The highest BCUT2D eigenvalue weighted by atomic mass is 35.5. The van der Waals surface area contributed by atoms with E-state index < -0.39 is 0 Å². The van der Waals surface area contributed by atoms with Crippen LogP contribution in [0.5, 0.6) is 11.5 Å². The molecule has 1 fully saturated rings. The van der Waals surface area contributed by atoms with Crippen LogP contribution in [0.25, 0.3) is 0 Å². The molecule has 0 amide bonds. The number of rotatable bonds is 5. The van der Waals surface area contributed by atoms with Crippen molar-refractivity contribution in [3.63, 3.8) is 0 Å². The summed E-state index contributed by atoms with van der Waals surface area (Å²) in [7, 11) is 3.09. The Bertz CT molecular complexity index is 454. The summed E-state index contributed by atoms with van der Waals surface area (Å²) in [5.74, 6) is 0.787. The van der Waals surface area contributed by atoms with Crippen molar-refractivity contribution in [2.75, 3.05) is 40.4 Å². The fourth-order valence-electron chi connectivity index (χ4n) is 2.79. The third-order valence-electron chi connectivity index (χ3n) is 3.84. The number of hydrogen-bond donors (Lipinski definition) is 1. The molecule has 0 aromatic heterocycles. The summed E-state index contributed by atoms with van der Waals surface area (Å²) in [6, 6.07) is 3.26. The maximum Gasteiger partial charge on any atom is 0.163 e. The van der Waals surface area contributed by atoms with Gasteiger partial charge in [0.2, 0.25) is 0 Å². The molecular weight excluding hydrogens is 295 g/mol. The summed E-state index contributed by atoms with van der Waals surface area (Å²) >= 11 is 0. The Morgan fingerprint density at radius 1 is 1.19 bits per heavy atom. The molecule has 120 valence electrons. The lowest BCUT2D eigenvalue weighted by Gasteiger charge is -2.35. The van der Waals surface area contributed by atoms with Gasteiger partial charge in [0, 0.05) is 43.9 Å². The molecule has 0 saturated carbocycles. The summed E-state index contributed by atoms with van der Waals surface area (Å²) in [6.45, 7) is 5.86. The van der Waals surface area contributed by atoms with Gasteiger partial charge < -0.3 is 14.8 Å². The number of nitrogens with one attached hydrogen (secondary N) is 1. The molecule has 2 rings (SSSR count). The number of piperazine rings is 1. The molecule has 0 unspecified atom stereocenters. The summed E-state index contributed by atoms with van der Waals surface area (Å²) in [6.07, 6.45) is 0.867. The Morgan fingerprint density at radius 3 is 2.29 bits per heavy atom. The third-order valence-corrected chi connectivity index (χ3v) is 3.84. The minimum atomic E-state index is -0.229. The molecule has 1 heterocycles. The Labute approximate surface area is 132 Å². The van der Waals surface area contributed by atoms with E-state index in [4.69, 9.17) is 9.47 Å². The largest absolute Gasteiger partial charge is 0.493 e. The van der Waals surface area contributed by atoms with Crippen molar-refractivity contribution in [3.8, 4) is 11.5 Å². The molecule has 1 saturated heterocycles. The van der Waals surface area contributed by atoms with Crippen molar-refractivity contribution >= 4 is 12.4 Å². The molecule has 21 heavy (non-hydrogen) atoms. The van der Waals surface area contributed by atoms with E-state index >= 15 is 0 Å². The van der Waals surface area contributed by atoms with Crippen molar-refractivity contribution < 1.29 is 13.9 Å². The smallest absolute Gasteiger partial charge is 0.163 e. The zero-order valence-electron chi connectivity index (χ0n) is 12.8.